The van der Waals surface area contributed by atoms with Crippen molar-refractivity contribution in [2.45, 2.75) is 23.5 Å². The first-order valence-corrected chi connectivity index (χ1v) is 8.16. The molecule has 0 spiro atoms. The van der Waals surface area contributed by atoms with Gasteiger partial charge in [-0.15, -0.1) is 0 Å². The second-order valence-corrected chi connectivity index (χ2v) is 6.97. The molecule has 0 aliphatic rings. The van der Waals surface area contributed by atoms with Gasteiger partial charge in [0.25, 0.3) is 0 Å². The Morgan fingerprint density at radius 2 is 1.75 bits per heavy atom. The second-order valence-electron chi connectivity index (χ2n) is 4.84. The molecule has 0 aliphatic heterocycles. The monoisotopic (exact) mass is 289 g/mol. The van der Waals surface area contributed by atoms with Gasteiger partial charge in [-0.2, -0.15) is 0 Å². The molecule has 0 bridgehead atoms. The molecule has 0 radical (unpaired) electrons. The van der Waals surface area contributed by atoms with Crippen LogP contribution in [0.5, 0.6) is 0 Å². The minimum atomic E-state index is -3.42. The maximum atomic E-state index is 12.8. The van der Waals surface area contributed by atoms with Crippen molar-refractivity contribution in [2.75, 3.05) is 6.54 Å². The maximum absolute atomic E-state index is 12.8. The molecule has 4 heteroatoms. The van der Waals surface area contributed by atoms with E-state index in [-0.39, 0.29) is 0 Å². The van der Waals surface area contributed by atoms with Crippen molar-refractivity contribution in [3.63, 3.8) is 0 Å². The Morgan fingerprint density at radius 3 is 2.35 bits per heavy atom. The second kappa shape index (κ2) is 6.20. The number of benzene rings is 2. The Bertz CT molecular complexity index is 666. The summed E-state index contributed by atoms with van der Waals surface area (Å²) >= 11 is 0. The zero-order valence-corrected chi connectivity index (χ0v) is 12.3. The van der Waals surface area contributed by atoms with E-state index < -0.39 is 15.1 Å². The highest BCUT2D eigenvalue weighted by Gasteiger charge is 2.28. The van der Waals surface area contributed by atoms with Crippen LogP contribution in [0.15, 0.2) is 59.5 Å². The Labute approximate surface area is 120 Å². The van der Waals surface area contributed by atoms with Gasteiger partial charge in [0.05, 0.1) is 10.1 Å². The number of hydrogen-bond acceptors (Lipinski definition) is 3. The Morgan fingerprint density at radius 1 is 1.05 bits per heavy atom. The van der Waals surface area contributed by atoms with Crippen molar-refractivity contribution in [3.8, 4) is 0 Å². The summed E-state index contributed by atoms with van der Waals surface area (Å²) in [6.07, 6.45) is 0.417. The van der Waals surface area contributed by atoms with Gasteiger partial charge in [0.2, 0.25) is 0 Å². The molecular weight excluding hydrogens is 270 g/mol. The average Bonchev–Trinajstić information content (AvgIpc) is 2.45. The Kier molecular flexibility index (Phi) is 4.57. The summed E-state index contributed by atoms with van der Waals surface area (Å²) < 4.78 is 25.6. The normalized spacial score (nSPS) is 13.1. The van der Waals surface area contributed by atoms with Crippen molar-refractivity contribution in [1.29, 1.82) is 0 Å². The lowest BCUT2D eigenvalue weighted by Gasteiger charge is -2.18. The molecule has 0 saturated carbocycles. The summed E-state index contributed by atoms with van der Waals surface area (Å²) in [6, 6.07) is 16.3. The number of rotatable bonds is 5. The molecule has 106 valence electrons. The third-order valence-corrected chi connectivity index (χ3v) is 5.46. The van der Waals surface area contributed by atoms with Gasteiger partial charge in [0, 0.05) is 0 Å². The van der Waals surface area contributed by atoms with Gasteiger partial charge >= 0.3 is 0 Å². The largest absolute Gasteiger partial charge is 0.330 e. The minimum Gasteiger partial charge on any atom is -0.330 e. The number of hydrogen-bond donors (Lipinski definition) is 1. The Balaban J connectivity index is 2.48. The quantitative estimate of drug-likeness (QED) is 0.920. The van der Waals surface area contributed by atoms with E-state index in [1.54, 1.807) is 18.2 Å². The van der Waals surface area contributed by atoms with Crippen LogP contribution in [-0.4, -0.2) is 15.0 Å². The fourth-order valence-corrected chi connectivity index (χ4v) is 4.19. The first kappa shape index (κ1) is 14.8. The fourth-order valence-electron chi connectivity index (χ4n) is 2.28. The maximum Gasteiger partial charge on any atom is 0.185 e. The van der Waals surface area contributed by atoms with Crippen LogP contribution in [0.4, 0.5) is 0 Å². The SMILES string of the molecule is Cc1cccc(S(=O)(=O)C(CCN)c2ccccc2)c1. The van der Waals surface area contributed by atoms with Crippen LogP contribution in [0.25, 0.3) is 0 Å². The summed E-state index contributed by atoms with van der Waals surface area (Å²) in [7, 11) is -3.42. The molecule has 20 heavy (non-hydrogen) atoms. The van der Waals surface area contributed by atoms with Crippen LogP contribution in [0.2, 0.25) is 0 Å². The molecule has 0 aromatic heterocycles. The third-order valence-electron chi connectivity index (χ3n) is 3.29. The molecule has 0 amide bonds. The van der Waals surface area contributed by atoms with Crippen LogP contribution >= 0.6 is 0 Å². The lowest BCUT2D eigenvalue weighted by atomic mass is 10.1. The smallest absolute Gasteiger partial charge is 0.185 e. The van der Waals surface area contributed by atoms with Gasteiger partial charge < -0.3 is 5.73 Å². The van der Waals surface area contributed by atoms with Crippen LogP contribution in [-0.2, 0) is 9.84 Å². The average molecular weight is 289 g/mol. The van der Waals surface area contributed by atoms with Crippen LogP contribution in [0.3, 0.4) is 0 Å². The van der Waals surface area contributed by atoms with E-state index in [2.05, 4.69) is 0 Å². The van der Waals surface area contributed by atoms with Gasteiger partial charge in [-0.05, 0) is 43.1 Å². The summed E-state index contributed by atoms with van der Waals surface area (Å²) in [4.78, 5) is 0.361. The highest BCUT2D eigenvalue weighted by molar-refractivity contribution is 7.91. The molecule has 2 aromatic carbocycles. The molecule has 0 aliphatic carbocycles. The van der Waals surface area contributed by atoms with Crippen LogP contribution in [0, 0.1) is 6.92 Å². The van der Waals surface area contributed by atoms with Gasteiger partial charge in [0.1, 0.15) is 0 Å². The highest BCUT2D eigenvalue weighted by Crippen LogP contribution is 2.31. The van der Waals surface area contributed by atoms with E-state index in [1.165, 1.54) is 0 Å². The van der Waals surface area contributed by atoms with Crippen molar-refractivity contribution in [1.82, 2.24) is 0 Å². The predicted molar refractivity (Wildman–Crippen MR) is 81.2 cm³/mol. The summed E-state index contributed by atoms with van der Waals surface area (Å²) in [6.45, 7) is 2.23. The van der Waals surface area contributed by atoms with E-state index in [1.807, 2.05) is 43.3 Å². The van der Waals surface area contributed by atoms with E-state index >= 15 is 0 Å². The molecular formula is C16H19NO2S. The molecule has 1 atom stereocenters. The minimum absolute atomic E-state index is 0.338. The van der Waals surface area contributed by atoms with E-state index in [0.29, 0.717) is 17.9 Å². The summed E-state index contributed by atoms with van der Waals surface area (Å²) in [5, 5.41) is -0.588. The summed E-state index contributed by atoms with van der Waals surface area (Å²) in [5.41, 5.74) is 7.33. The predicted octanol–water partition coefficient (Wildman–Crippen LogP) is 2.86. The molecule has 0 fully saturated rings. The molecule has 2 rings (SSSR count). The molecule has 0 heterocycles. The highest BCUT2D eigenvalue weighted by atomic mass is 32.2. The van der Waals surface area contributed by atoms with Gasteiger partial charge in [-0.3, -0.25) is 0 Å². The lowest BCUT2D eigenvalue weighted by molar-refractivity contribution is 0.576. The van der Waals surface area contributed by atoms with Gasteiger partial charge in [-0.1, -0.05) is 42.5 Å². The van der Waals surface area contributed by atoms with Gasteiger partial charge in [-0.25, -0.2) is 8.42 Å². The third kappa shape index (κ3) is 3.08. The summed E-state index contributed by atoms with van der Waals surface area (Å²) in [5.74, 6) is 0. The number of nitrogens with two attached hydrogens (primary N) is 1. The first-order chi connectivity index (χ1) is 9.55. The zero-order chi connectivity index (χ0) is 14.6. The molecule has 0 saturated heterocycles. The van der Waals surface area contributed by atoms with Crippen molar-refractivity contribution >= 4 is 9.84 Å². The van der Waals surface area contributed by atoms with E-state index in [9.17, 15) is 8.42 Å². The van der Waals surface area contributed by atoms with E-state index in [0.717, 1.165) is 11.1 Å². The van der Waals surface area contributed by atoms with Gasteiger partial charge in [0.15, 0.2) is 9.84 Å². The molecule has 3 nitrogen and oxygen atoms in total. The van der Waals surface area contributed by atoms with Crippen molar-refractivity contribution in [2.24, 2.45) is 5.73 Å². The van der Waals surface area contributed by atoms with Crippen molar-refractivity contribution < 1.29 is 8.42 Å². The number of sulfone groups is 1. The fraction of sp³-hybridized carbons (Fsp3) is 0.250. The Hall–Kier alpha value is -1.65. The number of aryl methyl sites for hydroxylation is 1. The first-order valence-electron chi connectivity index (χ1n) is 6.61. The lowest BCUT2D eigenvalue weighted by Crippen LogP contribution is -2.17. The molecule has 2 aromatic rings. The molecule has 1 unspecified atom stereocenters. The van der Waals surface area contributed by atoms with Crippen molar-refractivity contribution in [3.05, 3.63) is 65.7 Å². The van der Waals surface area contributed by atoms with Crippen LogP contribution < -0.4 is 5.73 Å². The van der Waals surface area contributed by atoms with Crippen LogP contribution in [0.1, 0.15) is 22.8 Å². The topological polar surface area (TPSA) is 60.2 Å². The molecule has 2 N–H and O–H groups in total. The standard InChI is InChI=1S/C16H19NO2S/c1-13-6-5-9-15(12-13)20(18,19)16(10-11-17)14-7-3-2-4-8-14/h2-9,12,16H,10-11,17H2,1H3. The van der Waals surface area contributed by atoms with E-state index in [4.69, 9.17) is 5.73 Å². The zero-order valence-electron chi connectivity index (χ0n) is 11.5.